The van der Waals surface area contributed by atoms with Crippen LogP contribution in [0.2, 0.25) is 0 Å². The lowest BCUT2D eigenvalue weighted by Gasteiger charge is -2.41. The Kier molecular flexibility index (Phi) is 9.21. The molecule has 0 aromatic heterocycles. The van der Waals surface area contributed by atoms with E-state index in [9.17, 15) is 15.3 Å². The summed E-state index contributed by atoms with van der Waals surface area (Å²) in [5.74, 6) is 0. The van der Waals surface area contributed by atoms with E-state index in [2.05, 4.69) is 47.8 Å². The summed E-state index contributed by atoms with van der Waals surface area (Å²) in [4.78, 5) is 0. The molecule has 7 nitrogen and oxygen atoms in total. The molecular formula is C10H19Br3O7. The Morgan fingerprint density at radius 3 is 1.60 bits per heavy atom. The molecule has 6 N–H and O–H groups in total. The number of alkyl halides is 3. The highest BCUT2D eigenvalue weighted by Crippen LogP contribution is 2.46. The first-order chi connectivity index (χ1) is 9.14. The Labute approximate surface area is 142 Å². The maximum atomic E-state index is 9.95. The fraction of sp³-hybridized carbons (Fsp3) is 1.00. The third-order valence-corrected chi connectivity index (χ3v) is 5.57. The predicted molar refractivity (Wildman–Crippen MR) is 81.8 cm³/mol. The van der Waals surface area contributed by atoms with Crippen molar-refractivity contribution >= 4 is 47.8 Å². The van der Waals surface area contributed by atoms with E-state index in [0.717, 1.165) is 0 Å². The molecule has 122 valence electrons. The Bertz CT molecular complexity index is 272. The number of hydrogen-bond acceptors (Lipinski definition) is 7. The fourth-order valence-electron chi connectivity index (χ4n) is 1.25. The van der Waals surface area contributed by atoms with Gasteiger partial charge < -0.3 is 35.4 Å². The van der Waals surface area contributed by atoms with E-state index in [1.165, 1.54) is 0 Å². The van der Waals surface area contributed by atoms with Crippen molar-refractivity contribution in [3.05, 3.63) is 0 Å². The van der Waals surface area contributed by atoms with Gasteiger partial charge in [-0.15, -0.1) is 0 Å². The molecular weight excluding hydrogens is 472 g/mol. The van der Waals surface area contributed by atoms with Gasteiger partial charge in [-0.3, -0.25) is 0 Å². The summed E-state index contributed by atoms with van der Waals surface area (Å²) in [6.45, 7) is -2.71. The minimum Gasteiger partial charge on any atom is -0.396 e. The van der Waals surface area contributed by atoms with Gasteiger partial charge in [-0.05, 0) is 31.9 Å². The second-order valence-electron chi connectivity index (χ2n) is 4.66. The highest BCUT2D eigenvalue weighted by Gasteiger charge is 2.52. The molecule has 0 radical (unpaired) electrons. The number of aliphatic hydroxyl groups is 6. The van der Waals surface area contributed by atoms with Crippen LogP contribution in [0.4, 0.5) is 0 Å². The standard InChI is InChI=1S/C10H19Br3O7/c11-7(18)9(4-17,10(12,13)19)6-20-5-8(1-14,2-15)3-16/h7,14-19H,1-6H2. The minimum atomic E-state index is -1.83. The zero-order chi connectivity index (χ0) is 16.0. The highest BCUT2D eigenvalue weighted by atomic mass is 79.9. The van der Waals surface area contributed by atoms with Gasteiger partial charge in [0.05, 0.1) is 45.1 Å². The molecule has 0 rings (SSSR count). The van der Waals surface area contributed by atoms with Gasteiger partial charge in [0.1, 0.15) is 10.4 Å². The van der Waals surface area contributed by atoms with Crippen molar-refractivity contribution < 1.29 is 35.4 Å². The van der Waals surface area contributed by atoms with Crippen molar-refractivity contribution in [3.63, 3.8) is 0 Å². The number of rotatable bonds is 10. The van der Waals surface area contributed by atoms with E-state index in [1.54, 1.807) is 0 Å². The number of halogens is 3. The van der Waals surface area contributed by atoms with Crippen LogP contribution in [0.25, 0.3) is 0 Å². The molecule has 0 spiro atoms. The van der Waals surface area contributed by atoms with E-state index >= 15 is 0 Å². The van der Waals surface area contributed by atoms with Crippen molar-refractivity contribution in [1.82, 2.24) is 0 Å². The molecule has 0 amide bonds. The molecule has 0 fully saturated rings. The number of aliphatic hydroxyl groups excluding tert-OH is 5. The molecule has 0 aromatic rings. The quantitative estimate of drug-likeness (QED) is 0.219. The van der Waals surface area contributed by atoms with Crippen LogP contribution < -0.4 is 0 Å². The van der Waals surface area contributed by atoms with Gasteiger partial charge in [-0.25, -0.2) is 0 Å². The summed E-state index contributed by atoms with van der Waals surface area (Å²) < 4.78 is 3.44. The summed E-state index contributed by atoms with van der Waals surface area (Å²) >= 11 is 8.65. The lowest BCUT2D eigenvalue weighted by atomic mass is 9.90. The first-order valence-electron chi connectivity index (χ1n) is 5.58. The van der Waals surface area contributed by atoms with Crippen LogP contribution in [0.3, 0.4) is 0 Å². The highest BCUT2D eigenvalue weighted by molar-refractivity contribution is 9.25. The molecule has 0 aliphatic heterocycles. The van der Waals surface area contributed by atoms with Gasteiger partial charge in [0.15, 0.2) is 3.42 Å². The second kappa shape index (κ2) is 8.70. The van der Waals surface area contributed by atoms with Crippen LogP contribution in [-0.4, -0.2) is 78.7 Å². The molecule has 0 heterocycles. The van der Waals surface area contributed by atoms with Crippen LogP contribution in [0.15, 0.2) is 0 Å². The van der Waals surface area contributed by atoms with Crippen molar-refractivity contribution in [2.45, 2.75) is 8.43 Å². The maximum absolute atomic E-state index is 9.95. The topological polar surface area (TPSA) is 131 Å². The summed E-state index contributed by atoms with van der Waals surface area (Å²) in [6, 6.07) is 0. The van der Waals surface area contributed by atoms with Crippen LogP contribution in [0.1, 0.15) is 0 Å². The zero-order valence-electron chi connectivity index (χ0n) is 10.5. The molecule has 2 atom stereocenters. The Hall–Kier alpha value is 1.16. The van der Waals surface area contributed by atoms with Crippen LogP contribution >= 0.6 is 47.8 Å². The van der Waals surface area contributed by atoms with Crippen molar-refractivity contribution in [2.75, 3.05) is 39.6 Å². The van der Waals surface area contributed by atoms with Crippen LogP contribution in [0.5, 0.6) is 0 Å². The van der Waals surface area contributed by atoms with Crippen molar-refractivity contribution in [3.8, 4) is 0 Å². The second-order valence-corrected chi connectivity index (χ2v) is 8.89. The Morgan fingerprint density at radius 1 is 0.900 bits per heavy atom. The van der Waals surface area contributed by atoms with E-state index < -0.39 is 45.7 Å². The molecule has 0 aliphatic rings. The van der Waals surface area contributed by atoms with Gasteiger partial charge in [-0.2, -0.15) is 0 Å². The van der Waals surface area contributed by atoms with E-state index in [-0.39, 0.29) is 13.2 Å². The average Bonchev–Trinajstić information content (AvgIpc) is 2.38. The molecule has 0 aromatic carbocycles. The monoisotopic (exact) mass is 488 g/mol. The van der Waals surface area contributed by atoms with E-state index in [0.29, 0.717) is 0 Å². The molecule has 20 heavy (non-hydrogen) atoms. The normalized spacial score (nSPS) is 17.9. The van der Waals surface area contributed by atoms with Gasteiger partial charge in [-0.1, -0.05) is 15.9 Å². The largest absolute Gasteiger partial charge is 0.396 e. The van der Waals surface area contributed by atoms with E-state index in [4.69, 9.17) is 20.1 Å². The van der Waals surface area contributed by atoms with E-state index in [1.807, 2.05) is 0 Å². The van der Waals surface area contributed by atoms with Crippen molar-refractivity contribution in [1.29, 1.82) is 0 Å². The SMILES string of the molecule is OCC(CO)(CO)COCC(CO)(C(O)Br)C(O)(Br)Br. The molecule has 10 heteroatoms. The van der Waals surface area contributed by atoms with Crippen molar-refractivity contribution in [2.24, 2.45) is 10.8 Å². The zero-order valence-corrected chi connectivity index (χ0v) is 15.3. The third-order valence-electron chi connectivity index (χ3n) is 3.11. The first-order valence-corrected chi connectivity index (χ1v) is 8.08. The fourth-order valence-corrected chi connectivity index (χ4v) is 3.39. The smallest absolute Gasteiger partial charge is 0.188 e. The number of ether oxygens (including phenoxy) is 1. The molecule has 0 aliphatic carbocycles. The lowest BCUT2D eigenvalue weighted by molar-refractivity contribution is -0.118. The summed E-state index contributed by atoms with van der Waals surface area (Å²) in [6.07, 6.45) is 0. The maximum Gasteiger partial charge on any atom is 0.188 e. The Morgan fingerprint density at radius 2 is 1.35 bits per heavy atom. The predicted octanol–water partition coefficient (Wildman–Crippen LogP) is -0.906. The lowest BCUT2D eigenvalue weighted by Crippen LogP contribution is -2.53. The summed E-state index contributed by atoms with van der Waals surface area (Å²) in [5.41, 5.74) is -2.80. The van der Waals surface area contributed by atoms with Gasteiger partial charge in [0.2, 0.25) is 0 Å². The van der Waals surface area contributed by atoms with Gasteiger partial charge in [0, 0.05) is 0 Å². The molecule has 0 saturated heterocycles. The summed E-state index contributed by atoms with van der Waals surface area (Å²) in [7, 11) is 0. The molecule has 0 bridgehead atoms. The molecule has 2 unspecified atom stereocenters. The van der Waals surface area contributed by atoms with Gasteiger partial charge in [0.25, 0.3) is 0 Å². The van der Waals surface area contributed by atoms with Crippen LogP contribution in [0, 0.1) is 10.8 Å². The average molecular weight is 491 g/mol. The molecule has 0 saturated carbocycles. The summed E-state index contributed by atoms with van der Waals surface area (Å²) in [5, 5.41) is 55.3. The first kappa shape index (κ1) is 21.2. The number of hydrogen-bond donors (Lipinski definition) is 6. The minimum absolute atomic E-state index is 0.228. The van der Waals surface area contributed by atoms with Gasteiger partial charge >= 0.3 is 0 Å². The third kappa shape index (κ3) is 4.83. The Balaban J connectivity index is 4.89. The van der Waals surface area contributed by atoms with Crippen LogP contribution in [-0.2, 0) is 4.74 Å².